The molecular formula is C23H25FN4O3. The number of hydrogen-bond acceptors (Lipinski definition) is 4. The molecular weight excluding hydrogens is 399 g/mol. The summed E-state index contributed by atoms with van der Waals surface area (Å²) in [6, 6.07) is 12.5. The smallest absolute Gasteiger partial charge is 0.412 e. The van der Waals surface area contributed by atoms with Crippen LogP contribution in [-0.4, -0.2) is 27.4 Å². The summed E-state index contributed by atoms with van der Waals surface area (Å²) in [6.07, 6.45) is -0.705. The minimum atomic E-state index is -0.705. The lowest BCUT2D eigenvalue weighted by Crippen LogP contribution is -2.27. The lowest BCUT2D eigenvalue weighted by molar-refractivity contribution is 0.0635. The third-order valence-electron chi connectivity index (χ3n) is 4.25. The molecule has 1 aromatic heterocycles. The highest BCUT2D eigenvalue weighted by molar-refractivity contribution is 6.07. The number of rotatable bonds is 4. The van der Waals surface area contributed by atoms with Crippen LogP contribution < -0.4 is 10.6 Å². The first kappa shape index (κ1) is 22.0. The van der Waals surface area contributed by atoms with Gasteiger partial charge in [0.1, 0.15) is 11.4 Å². The fraction of sp³-hybridized carbons (Fsp3) is 0.261. The number of hydrogen-bond donors (Lipinski definition) is 2. The van der Waals surface area contributed by atoms with Crippen molar-refractivity contribution in [1.29, 1.82) is 0 Å². The zero-order valence-electron chi connectivity index (χ0n) is 18.1. The summed E-state index contributed by atoms with van der Waals surface area (Å²) < 4.78 is 20.8. The molecule has 3 rings (SSSR count). The van der Waals surface area contributed by atoms with Crippen molar-refractivity contribution in [3.63, 3.8) is 0 Å². The van der Waals surface area contributed by atoms with Crippen molar-refractivity contribution in [2.75, 3.05) is 10.6 Å². The number of nitrogens with zero attached hydrogens (tertiary/aromatic N) is 2. The maximum Gasteiger partial charge on any atom is 0.412 e. The molecule has 0 aliphatic carbocycles. The Labute approximate surface area is 180 Å². The molecule has 0 saturated carbocycles. The van der Waals surface area contributed by atoms with E-state index in [1.807, 2.05) is 19.9 Å². The normalized spacial score (nSPS) is 11.2. The molecule has 0 unspecified atom stereocenters. The van der Waals surface area contributed by atoms with Crippen LogP contribution in [0.25, 0.3) is 5.69 Å². The van der Waals surface area contributed by atoms with Crippen LogP contribution in [0.1, 0.15) is 42.5 Å². The fourth-order valence-electron chi connectivity index (χ4n) is 2.98. The van der Waals surface area contributed by atoms with Crippen LogP contribution in [0, 0.1) is 19.7 Å². The summed E-state index contributed by atoms with van der Waals surface area (Å²) >= 11 is 0. The summed E-state index contributed by atoms with van der Waals surface area (Å²) in [5.74, 6) is -0.998. The second-order valence-corrected chi connectivity index (χ2v) is 8.16. The third-order valence-corrected chi connectivity index (χ3v) is 4.25. The monoisotopic (exact) mass is 424 g/mol. The summed E-state index contributed by atoms with van der Waals surface area (Å²) in [7, 11) is 0. The molecule has 0 aliphatic rings. The number of nitrogens with one attached hydrogen (secondary N) is 2. The first-order valence-corrected chi connectivity index (χ1v) is 9.76. The third kappa shape index (κ3) is 5.69. The van der Waals surface area contributed by atoms with Gasteiger partial charge in [-0.25, -0.2) is 13.9 Å². The summed E-state index contributed by atoms with van der Waals surface area (Å²) in [5.41, 5.74) is 2.73. The average molecular weight is 424 g/mol. The number of anilines is 2. The van der Waals surface area contributed by atoms with Gasteiger partial charge in [0.2, 0.25) is 0 Å². The van der Waals surface area contributed by atoms with Gasteiger partial charge in [0.05, 0.1) is 22.8 Å². The van der Waals surface area contributed by atoms with E-state index >= 15 is 0 Å². The highest BCUT2D eigenvalue weighted by Gasteiger charge is 2.18. The molecule has 8 heteroatoms. The number of aryl methyl sites for hydroxylation is 2. The largest absolute Gasteiger partial charge is 0.444 e. The Morgan fingerprint density at radius 3 is 2.23 bits per heavy atom. The number of halogens is 1. The van der Waals surface area contributed by atoms with Gasteiger partial charge in [0, 0.05) is 11.3 Å². The molecule has 2 N–H and O–H groups in total. The van der Waals surface area contributed by atoms with Gasteiger partial charge in [-0.15, -0.1) is 0 Å². The van der Waals surface area contributed by atoms with Crippen molar-refractivity contribution in [3.05, 3.63) is 71.3 Å². The van der Waals surface area contributed by atoms with Crippen LogP contribution in [0.15, 0.2) is 48.5 Å². The Morgan fingerprint density at radius 1 is 0.968 bits per heavy atom. The van der Waals surface area contributed by atoms with Crippen molar-refractivity contribution >= 4 is 23.4 Å². The van der Waals surface area contributed by atoms with Gasteiger partial charge >= 0.3 is 6.09 Å². The predicted octanol–water partition coefficient (Wildman–Crippen LogP) is 5.23. The molecule has 0 radical (unpaired) electrons. The number of benzene rings is 2. The minimum Gasteiger partial charge on any atom is -0.444 e. The van der Waals surface area contributed by atoms with Gasteiger partial charge in [0.15, 0.2) is 0 Å². The highest BCUT2D eigenvalue weighted by atomic mass is 19.1. The van der Waals surface area contributed by atoms with E-state index in [0.717, 1.165) is 23.1 Å². The number of ether oxygens (including phenoxy) is 1. The number of amides is 2. The second kappa shape index (κ2) is 8.59. The number of carbonyl (C=O) groups excluding carboxylic acids is 2. The molecule has 0 aliphatic heterocycles. The molecule has 1 heterocycles. The molecule has 3 aromatic rings. The van der Waals surface area contributed by atoms with E-state index in [4.69, 9.17) is 4.74 Å². The van der Waals surface area contributed by atoms with Crippen LogP contribution in [0.3, 0.4) is 0 Å². The van der Waals surface area contributed by atoms with Gasteiger partial charge in [-0.05, 0) is 83.1 Å². The molecule has 0 spiro atoms. The molecule has 2 aromatic carbocycles. The fourth-order valence-corrected chi connectivity index (χ4v) is 2.98. The van der Waals surface area contributed by atoms with Gasteiger partial charge in [0.25, 0.3) is 5.91 Å². The first-order valence-electron chi connectivity index (χ1n) is 9.76. The van der Waals surface area contributed by atoms with Crippen LogP contribution in [0.5, 0.6) is 0 Å². The Morgan fingerprint density at radius 2 is 1.65 bits per heavy atom. The second-order valence-electron chi connectivity index (χ2n) is 8.16. The van der Waals surface area contributed by atoms with E-state index in [1.54, 1.807) is 49.7 Å². The highest BCUT2D eigenvalue weighted by Crippen LogP contribution is 2.25. The van der Waals surface area contributed by atoms with E-state index in [1.165, 1.54) is 12.1 Å². The zero-order valence-corrected chi connectivity index (χ0v) is 18.1. The van der Waals surface area contributed by atoms with Gasteiger partial charge in [-0.2, -0.15) is 5.10 Å². The summed E-state index contributed by atoms with van der Waals surface area (Å²) in [5, 5.41) is 9.59. The molecule has 0 saturated heterocycles. The standard InChI is InChI=1S/C23H25FN4O3/c1-14-12-15(2)28(27-14)18-9-6-16(7-10-18)21(29)25-20-13-17(24)8-11-19(20)26-22(30)31-23(3,4)5/h6-13H,1-5H3,(H,25,29)(H,26,30). The van der Waals surface area contributed by atoms with E-state index in [-0.39, 0.29) is 11.4 Å². The molecule has 0 bridgehead atoms. The molecule has 31 heavy (non-hydrogen) atoms. The predicted molar refractivity (Wildman–Crippen MR) is 117 cm³/mol. The first-order chi connectivity index (χ1) is 14.5. The zero-order chi connectivity index (χ0) is 22.8. The van der Waals surface area contributed by atoms with Crippen LogP contribution in [-0.2, 0) is 4.74 Å². The summed E-state index contributed by atoms with van der Waals surface area (Å²) in [6.45, 7) is 9.05. The molecule has 162 valence electrons. The van der Waals surface area contributed by atoms with E-state index < -0.39 is 23.4 Å². The van der Waals surface area contributed by atoms with Crippen molar-refractivity contribution in [3.8, 4) is 5.69 Å². The molecule has 7 nitrogen and oxygen atoms in total. The van der Waals surface area contributed by atoms with Crippen LogP contribution in [0.4, 0.5) is 20.6 Å². The molecule has 0 atom stereocenters. The van der Waals surface area contributed by atoms with Crippen molar-refractivity contribution < 1.29 is 18.7 Å². The van der Waals surface area contributed by atoms with E-state index in [0.29, 0.717) is 5.56 Å². The molecule has 0 fully saturated rings. The minimum absolute atomic E-state index is 0.124. The SMILES string of the molecule is Cc1cc(C)n(-c2ccc(C(=O)Nc3cc(F)ccc3NC(=O)OC(C)(C)C)cc2)n1. The van der Waals surface area contributed by atoms with Crippen LogP contribution in [0.2, 0.25) is 0 Å². The Balaban J connectivity index is 1.77. The Hall–Kier alpha value is -3.68. The summed E-state index contributed by atoms with van der Waals surface area (Å²) in [4.78, 5) is 24.8. The van der Waals surface area contributed by atoms with E-state index in [9.17, 15) is 14.0 Å². The lowest BCUT2D eigenvalue weighted by atomic mass is 10.1. The average Bonchev–Trinajstić information content (AvgIpc) is 3.00. The van der Waals surface area contributed by atoms with Gasteiger partial charge in [-0.1, -0.05) is 0 Å². The van der Waals surface area contributed by atoms with Crippen molar-refractivity contribution in [2.24, 2.45) is 0 Å². The maximum atomic E-state index is 13.8. The van der Waals surface area contributed by atoms with Crippen molar-refractivity contribution in [1.82, 2.24) is 9.78 Å². The Kier molecular flexibility index (Phi) is 6.10. The number of carbonyl (C=O) groups is 2. The van der Waals surface area contributed by atoms with Gasteiger partial charge < -0.3 is 10.1 Å². The Bertz CT molecular complexity index is 1110. The van der Waals surface area contributed by atoms with Gasteiger partial charge in [-0.3, -0.25) is 10.1 Å². The maximum absolute atomic E-state index is 13.8. The van der Waals surface area contributed by atoms with Crippen molar-refractivity contribution in [2.45, 2.75) is 40.2 Å². The lowest BCUT2D eigenvalue weighted by Gasteiger charge is -2.20. The van der Waals surface area contributed by atoms with Crippen LogP contribution >= 0.6 is 0 Å². The quantitative estimate of drug-likeness (QED) is 0.601. The van der Waals surface area contributed by atoms with E-state index in [2.05, 4.69) is 15.7 Å². The topological polar surface area (TPSA) is 85.2 Å². The molecule has 2 amide bonds. The number of aromatic nitrogens is 2.